The smallest absolute Gasteiger partial charge is 0.0462 e. The summed E-state index contributed by atoms with van der Waals surface area (Å²) in [7, 11) is 0. The molecule has 3 aliphatic rings. The Kier molecular flexibility index (Phi) is 14.5. The molecule has 0 amide bonds. The third-order valence-corrected chi connectivity index (χ3v) is 12.8. The minimum absolute atomic E-state index is 0.346. The van der Waals surface area contributed by atoms with E-state index in [1.165, 1.54) is 22.3 Å². The quantitative estimate of drug-likeness (QED) is 0.0894. The molecule has 3 aliphatic carbocycles. The minimum atomic E-state index is 0.346. The van der Waals surface area contributed by atoms with Gasteiger partial charge in [0.1, 0.15) is 0 Å². The zero-order chi connectivity index (χ0) is 46.5. The van der Waals surface area contributed by atoms with E-state index in [1.807, 2.05) is 6.08 Å². The molecule has 0 saturated carbocycles. The lowest BCUT2D eigenvalue weighted by Crippen LogP contribution is -2.20. The van der Waals surface area contributed by atoms with Crippen molar-refractivity contribution in [2.75, 3.05) is 9.80 Å². The lowest BCUT2D eigenvalue weighted by atomic mass is 9.88. The van der Waals surface area contributed by atoms with Crippen molar-refractivity contribution >= 4 is 34.4 Å². The number of benzene rings is 6. The molecule has 0 spiro atoms. The van der Waals surface area contributed by atoms with Crippen molar-refractivity contribution in [2.45, 2.75) is 37.5 Å². The molecule has 0 saturated heterocycles. The highest BCUT2D eigenvalue weighted by atomic mass is 15.2. The van der Waals surface area contributed by atoms with Gasteiger partial charge >= 0.3 is 0 Å². The van der Waals surface area contributed by atoms with Crippen LogP contribution in [-0.4, -0.2) is 0 Å². The maximum Gasteiger partial charge on any atom is 0.0462 e. The highest BCUT2D eigenvalue weighted by molar-refractivity contribution is 5.82. The highest BCUT2D eigenvalue weighted by Gasteiger charge is 2.18. The van der Waals surface area contributed by atoms with Crippen molar-refractivity contribution in [1.82, 2.24) is 0 Å². The van der Waals surface area contributed by atoms with Crippen molar-refractivity contribution in [3.05, 3.63) is 313 Å². The van der Waals surface area contributed by atoms with Crippen LogP contribution in [0.15, 0.2) is 291 Å². The first-order valence-electron chi connectivity index (χ1n) is 23.8. The van der Waals surface area contributed by atoms with Gasteiger partial charge in [0.25, 0.3) is 0 Å². The third kappa shape index (κ3) is 10.7. The van der Waals surface area contributed by atoms with Gasteiger partial charge in [0.05, 0.1) is 0 Å². The Morgan fingerprint density at radius 2 is 1.18 bits per heavy atom. The zero-order valence-electron chi connectivity index (χ0n) is 38.7. The molecule has 0 aromatic heterocycles. The van der Waals surface area contributed by atoms with Crippen LogP contribution in [0, 0.1) is 0 Å². The van der Waals surface area contributed by atoms with Crippen LogP contribution in [0.1, 0.15) is 59.8 Å². The molecule has 0 radical (unpaired) electrons. The summed E-state index contributed by atoms with van der Waals surface area (Å²) in [6.45, 7) is 13.1. The third-order valence-electron chi connectivity index (χ3n) is 12.8. The lowest BCUT2D eigenvalue weighted by Gasteiger charge is -2.28. The van der Waals surface area contributed by atoms with Crippen LogP contribution in [0.5, 0.6) is 0 Å². The lowest BCUT2D eigenvalue weighted by molar-refractivity contribution is 0.853. The molecule has 6 aromatic rings. The number of hydrogen-bond donors (Lipinski definition) is 0. The molecule has 6 aromatic carbocycles. The van der Waals surface area contributed by atoms with Gasteiger partial charge in [-0.3, -0.25) is 0 Å². The van der Waals surface area contributed by atoms with E-state index in [0.717, 1.165) is 87.7 Å². The van der Waals surface area contributed by atoms with Crippen molar-refractivity contribution in [2.24, 2.45) is 0 Å². The Morgan fingerprint density at radius 3 is 1.82 bits per heavy atom. The molecule has 2 unspecified atom stereocenters. The van der Waals surface area contributed by atoms with Crippen LogP contribution in [0.25, 0.3) is 22.8 Å². The molecule has 0 bridgehead atoms. The van der Waals surface area contributed by atoms with E-state index < -0.39 is 0 Å². The number of allylic oxidation sites excluding steroid dienone is 18. The summed E-state index contributed by atoms with van der Waals surface area (Å²) in [4.78, 5) is 4.57. The molecule has 0 aliphatic heterocycles. The van der Waals surface area contributed by atoms with Crippen LogP contribution in [0.2, 0.25) is 0 Å². The number of para-hydroxylation sites is 1. The number of rotatable bonds is 16. The molecular formula is C66H58N2. The molecule has 332 valence electrons. The first-order valence-corrected chi connectivity index (χ1v) is 23.8. The van der Waals surface area contributed by atoms with E-state index in [2.05, 4.69) is 272 Å². The van der Waals surface area contributed by atoms with Crippen molar-refractivity contribution in [3.8, 4) is 11.1 Å². The maximum absolute atomic E-state index is 4.58. The average Bonchev–Trinajstić information content (AvgIpc) is 3.41. The van der Waals surface area contributed by atoms with E-state index >= 15 is 0 Å². The highest BCUT2D eigenvalue weighted by Crippen LogP contribution is 2.39. The molecule has 0 N–H and O–H groups in total. The Hall–Kier alpha value is -8.20. The van der Waals surface area contributed by atoms with Gasteiger partial charge in [0.2, 0.25) is 0 Å². The fraction of sp³-hybridized carbons (Fsp3) is 0.0909. The first-order chi connectivity index (χ1) is 33.5. The van der Waals surface area contributed by atoms with Crippen molar-refractivity contribution < 1.29 is 0 Å². The second-order valence-corrected chi connectivity index (χ2v) is 17.4. The van der Waals surface area contributed by atoms with Gasteiger partial charge in [-0.15, -0.1) is 0 Å². The normalized spacial score (nSPS) is 16.7. The predicted molar refractivity (Wildman–Crippen MR) is 293 cm³/mol. The summed E-state index contributed by atoms with van der Waals surface area (Å²) in [5, 5.41) is 0. The fourth-order valence-corrected chi connectivity index (χ4v) is 9.18. The molecule has 0 fully saturated rings. The number of anilines is 4. The van der Waals surface area contributed by atoms with Gasteiger partial charge in [-0.2, -0.15) is 0 Å². The monoisotopic (exact) mass is 878 g/mol. The Labute approximate surface area is 404 Å². The van der Waals surface area contributed by atoms with Crippen LogP contribution in [0.3, 0.4) is 0 Å². The molecule has 2 heteroatoms. The van der Waals surface area contributed by atoms with E-state index in [0.29, 0.717) is 11.8 Å². The standard InChI is InChI=1S/C66H58N2/c1-4-5-20-59(50(2)31-32-51(3)67(61-26-14-8-15-27-61)63-43-37-56(38-44-63)53-23-12-7-13-24-53)49-60-25-18-19-30-66(60)58-41-47-65(48-42-58)68(62-28-16-9-17-29-62)64-45-39-57(40-46-64)55-35-33-54(34-36-55)52-21-10-6-11-22-52/h4-7,9-14,16-23,25-35,37-49,53,55H,1-3,8,15,24,36H2/b20-5-,32-31-,59-49-. The molecule has 0 heterocycles. The van der Waals surface area contributed by atoms with Gasteiger partial charge in [-0.05, 0) is 143 Å². The largest absolute Gasteiger partial charge is 0.311 e. The van der Waals surface area contributed by atoms with Gasteiger partial charge in [-0.1, -0.05) is 208 Å². The van der Waals surface area contributed by atoms with Gasteiger partial charge < -0.3 is 9.80 Å². The number of nitrogens with zero attached hydrogens (tertiary/aromatic N) is 2. The fourth-order valence-electron chi connectivity index (χ4n) is 9.18. The Bertz CT molecular complexity index is 3020. The summed E-state index contributed by atoms with van der Waals surface area (Å²) in [5.41, 5.74) is 16.8. The summed E-state index contributed by atoms with van der Waals surface area (Å²) < 4.78 is 0. The van der Waals surface area contributed by atoms with Crippen LogP contribution in [0.4, 0.5) is 22.7 Å². The van der Waals surface area contributed by atoms with Crippen molar-refractivity contribution in [3.63, 3.8) is 0 Å². The SMILES string of the molecule is C=C/C=C\C(=C\c1ccccc1-c1ccc(N(c2ccccc2)c2ccc(C3C=CC(c4ccccc4)=CC3)cc2)cc1)C(=C)/C=C\C(=C)N(C1=CCCC=C1)c1ccc(C2C=CC=CC2)cc1. The van der Waals surface area contributed by atoms with E-state index in [4.69, 9.17) is 0 Å². The van der Waals surface area contributed by atoms with Gasteiger partial charge in [0, 0.05) is 46.0 Å². The average molecular weight is 879 g/mol. The van der Waals surface area contributed by atoms with Gasteiger partial charge in [-0.25, -0.2) is 0 Å². The Morgan fingerprint density at radius 1 is 0.529 bits per heavy atom. The van der Waals surface area contributed by atoms with E-state index in [9.17, 15) is 0 Å². The summed E-state index contributed by atoms with van der Waals surface area (Å²) in [5.74, 6) is 0.746. The first kappa shape index (κ1) is 45.0. The minimum Gasteiger partial charge on any atom is -0.311 e. The molecule has 2 atom stereocenters. The molecule has 2 nitrogen and oxygen atoms in total. The summed E-state index contributed by atoms with van der Waals surface area (Å²) >= 11 is 0. The van der Waals surface area contributed by atoms with Gasteiger partial charge in [0.15, 0.2) is 0 Å². The second kappa shape index (κ2) is 21.9. The summed E-state index contributed by atoms with van der Waals surface area (Å²) in [6, 6.07) is 56.7. The maximum atomic E-state index is 4.58. The van der Waals surface area contributed by atoms with Crippen molar-refractivity contribution in [1.29, 1.82) is 0 Å². The molecule has 68 heavy (non-hydrogen) atoms. The second-order valence-electron chi connectivity index (χ2n) is 17.4. The topological polar surface area (TPSA) is 6.48 Å². The van der Waals surface area contributed by atoms with Crippen LogP contribution < -0.4 is 9.80 Å². The van der Waals surface area contributed by atoms with Crippen LogP contribution in [-0.2, 0) is 0 Å². The Balaban J connectivity index is 0.949. The summed E-state index contributed by atoms with van der Waals surface area (Å²) in [6.07, 6.45) is 38.8. The van der Waals surface area contributed by atoms with E-state index in [-0.39, 0.29) is 0 Å². The van der Waals surface area contributed by atoms with E-state index in [1.54, 1.807) is 6.08 Å². The molecular weight excluding hydrogens is 821 g/mol. The molecule has 9 rings (SSSR count). The number of hydrogen-bond acceptors (Lipinski definition) is 2. The van der Waals surface area contributed by atoms with Crippen LogP contribution >= 0.6 is 0 Å². The predicted octanol–water partition coefficient (Wildman–Crippen LogP) is 18.0. The zero-order valence-corrected chi connectivity index (χ0v) is 38.7.